The second kappa shape index (κ2) is 7.27. The highest BCUT2D eigenvalue weighted by atomic mass is 16.5. The van der Waals surface area contributed by atoms with Gasteiger partial charge in [0.2, 0.25) is 0 Å². The average Bonchev–Trinajstić information content (AvgIpc) is 2.99. The van der Waals surface area contributed by atoms with Crippen LogP contribution in [0.15, 0.2) is 24.4 Å². The molecule has 0 bridgehead atoms. The molecule has 1 saturated heterocycles. The monoisotopic (exact) mass is 356 g/mol. The van der Waals surface area contributed by atoms with Gasteiger partial charge in [-0.05, 0) is 38.0 Å². The first-order chi connectivity index (χ1) is 12.3. The summed E-state index contributed by atoms with van der Waals surface area (Å²) >= 11 is 0. The molecule has 0 spiro atoms. The fourth-order valence-electron chi connectivity index (χ4n) is 2.92. The molecule has 26 heavy (non-hydrogen) atoms. The predicted molar refractivity (Wildman–Crippen MR) is 101 cm³/mol. The second-order valence-corrected chi connectivity index (χ2v) is 6.79. The van der Waals surface area contributed by atoms with E-state index in [0.717, 1.165) is 17.7 Å². The van der Waals surface area contributed by atoms with Crippen molar-refractivity contribution in [3.8, 4) is 0 Å². The lowest BCUT2D eigenvalue weighted by Gasteiger charge is -2.22. The molecule has 0 radical (unpaired) electrons. The minimum Gasteiger partial charge on any atom is -0.379 e. The first kappa shape index (κ1) is 18.1. The van der Waals surface area contributed by atoms with E-state index in [1.807, 2.05) is 26.0 Å². The van der Waals surface area contributed by atoms with Gasteiger partial charge in [-0.15, -0.1) is 0 Å². The third-order valence-corrected chi connectivity index (χ3v) is 4.29. The number of pyridine rings is 2. The van der Waals surface area contributed by atoms with Crippen molar-refractivity contribution in [3.63, 3.8) is 0 Å². The van der Waals surface area contributed by atoms with Crippen molar-refractivity contribution < 1.29 is 9.53 Å². The molecule has 8 heteroatoms. The molecule has 2 aromatic rings. The summed E-state index contributed by atoms with van der Waals surface area (Å²) in [5.74, 6) is 0.677. The van der Waals surface area contributed by atoms with Crippen LogP contribution in [0, 0.1) is 13.8 Å². The quantitative estimate of drug-likeness (QED) is 0.617. The molecule has 1 unspecified atom stereocenters. The molecule has 1 amide bonds. The van der Waals surface area contributed by atoms with Crippen molar-refractivity contribution >= 4 is 23.2 Å². The van der Waals surface area contributed by atoms with E-state index < -0.39 is 11.4 Å². The Balaban J connectivity index is 1.83. The standard InChI is InChI=1S/C18H24N6O2/c1-11-5-12(2)23-16(6-11)24-14-7-15(21-8-13(14)17(19)25)22-9-18(20)3-4-26-10-18/h5-8H,3-4,9-10,20H2,1-2H3,(H2,19,25)(H2,21,22,23,24). The summed E-state index contributed by atoms with van der Waals surface area (Å²) in [5.41, 5.74) is 14.1. The van der Waals surface area contributed by atoms with E-state index in [9.17, 15) is 4.79 Å². The first-order valence-electron chi connectivity index (χ1n) is 8.47. The molecule has 0 saturated carbocycles. The van der Waals surface area contributed by atoms with Crippen LogP contribution in [0.4, 0.5) is 17.3 Å². The van der Waals surface area contributed by atoms with Gasteiger partial charge in [0.15, 0.2) is 0 Å². The van der Waals surface area contributed by atoms with Crippen molar-refractivity contribution in [2.75, 3.05) is 30.4 Å². The number of amides is 1. The highest BCUT2D eigenvalue weighted by Gasteiger charge is 2.30. The van der Waals surface area contributed by atoms with Gasteiger partial charge in [-0.2, -0.15) is 0 Å². The lowest BCUT2D eigenvalue weighted by molar-refractivity contribution is 0.100. The Morgan fingerprint density at radius 2 is 2.12 bits per heavy atom. The van der Waals surface area contributed by atoms with Gasteiger partial charge >= 0.3 is 0 Å². The van der Waals surface area contributed by atoms with Gasteiger partial charge < -0.3 is 26.8 Å². The Kier molecular flexibility index (Phi) is 5.06. The van der Waals surface area contributed by atoms with Crippen LogP contribution < -0.4 is 22.1 Å². The molecule has 8 nitrogen and oxygen atoms in total. The topological polar surface area (TPSA) is 128 Å². The van der Waals surface area contributed by atoms with Gasteiger partial charge in [0, 0.05) is 31.1 Å². The Morgan fingerprint density at radius 3 is 2.77 bits per heavy atom. The van der Waals surface area contributed by atoms with Crippen LogP contribution in [-0.2, 0) is 4.74 Å². The van der Waals surface area contributed by atoms with Crippen molar-refractivity contribution in [3.05, 3.63) is 41.2 Å². The molecule has 0 aliphatic carbocycles. The Morgan fingerprint density at radius 1 is 1.31 bits per heavy atom. The van der Waals surface area contributed by atoms with Crippen LogP contribution >= 0.6 is 0 Å². The normalized spacial score (nSPS) is 19.3. The molecule has 1 aliphatic heterocycles. The fraction of sp³-hybridized carbons (Fsp3) is 0.389. The van der Waals surface area contributed by atoms with Crippen LogP contribution in [-0.4, -0.2) is 41.2 Å². The van der Waals surface area contributed by atoms with Crippen LogP contribution in [0.5, 0.6) is 0 Å². The van der Waals surface area contributed by atoms with E-state index in [2.05, 4.69) is 20.6 Å². The lowest BCUT2D eigenvalue weighted by Crippen LogP contribution is -2.46. The highest BCUT2D eigenvalue weighted by molar-refractivity contribution is 5.99. The third kappa shape index (κ3) is 4.27. The van der Waals surface area contributed by atoms with Crippen molar-refractivity contribution in [2.45, 2.75) is 25.8 Å². The number of carbonyl (C=O) groups excluding carboxylic acids is 1. The summed E-state index contributed by atoms with van der Waals surface area (Å²) < 4.78 is 5.36. The predicted octanol–water partition coefficient (Wildman–Crippen LogP) is 1.47. The summed E-state index contributed by atoms with van der Waals surface area (Å²) in [6.07, 6.45) is 2.24. The molecule has 3 rings (SSSR count). The number of nitrogens with zero attached hydrogens (tertiary/aromatic N) is 2. The SMILES string of the molecule is Cc1cc(C)nc(Nc2cc(NCC3(N)CCOC3)ncc2C(N)=O)c1. The molecule has 1 aliphatic rings. The number of primary amides is 1. The van der Waals surface area contributed by atoms with Crippen LogP contribution in [0.25, 0.3) is 0 Å². The molecule has 2 aromatic heterocycles. The van der Waals surface area contributed by atoms with Crippen molar-refractivity contribution in [1.29, 1.82) is 0 Å². The Labute approximate surface area is 152 Å². The second-order valence-electron chi connectivity index (χ2n) is 6.79. The van der Waals surface area contributed by atoms with Crippen LogP contribution in [0.3, 0.4) is 0 Å². The number of hydrogen-bond donors (Lipinski definition) is 4. The van der Waals surface area contributed by atoms with Gasteiger partial charge in [0.1, 0.15) is 11.6 Å². The first-order valence-corrected chi connectivity index (χ1v) is 8.47. The van der Waals surface area contributed by atoms with Crippen LogP contribution in [0.1, 0.15) is 28.0 Å². The number of hydrogen-bond acceptors (Lipinski definition) is 7. The summed E-state index contributed by atoms with van der Waals surface area (Å²) in [5, 5.41) is 6.38. The number of carbonyl (C=O) groups is 1. The number of ether oxygens (including phenoxy) is 1. The molecule has 3 heterocycles. The number of rotatable bonds is 6. The van der Waals surface area contributed by atoms with E-state index in [-0.39, 0.29) is 0 Å². The zero-order chi connectivity index (χ0) is 18.7. The molecule has 138 valence electrons. The summed E-state index contributed by atoms with van der Waals surface area (Å²) in [7, 11) is 0. The smallest absolute Gasteiger partial charge is 0.252 e. The summed E-state index contributed by atoms with van der Waals surface area (Å²) in [6.45, 7) is 5.60. The highest BCUT2D eigenvalue weighted by Crippen LogP contribution is 2.24. The average molecular weight is 356 g/mol. The fourth-order valence-corrected chi connectivity index (χ4v) is 2.92. The maximum absolute atomic E-state index is 11.7. The number of aryl methyl sites for hydroxylation is 2. The van der Waals surface area contributed by atoms with Gasteiger partial charge in [0.05, 0.1) is 23.4 Å². The van der Waals surface area contributed by atoms with Gasteiger partial charge in [-0.3, -0.25) is 4.79 Å². The number of nitrogens with one attached hydrogen (secondary N) is 2. The van der Waals surface area contributed by atoms with Gasteiger partial charge in [-0.1, -0.05) is 0 Å². The minimum atomic E-state index is -0.560. The number of anilines is 3. The number of aromatic nitrogens is 2. The summed E-state index contributed by atoms with van der Waals surface area (Å²) in [6, 6.07) is 5.61. The zero-order valence-electron chi connectivity index (χ0n) is 15.0. The Hall–Kier alpha value is -2.71. The molecular formula is C18H24N6O2. The van der Waals surface area contributed by atoms with E-state index in [0.29, 0.717) is 42.6 Å². The van der Waals surface area contributed by atoms with Crippen molar-refractivity contribution in [2.24, 2.45) is 11.5 Å². The molecule has 1 fully saturated rings. The van der Waals surface area contributed by atoms with Crippen molar-refractivity contribution in [1.82, 2.24) is 9.97 Å². The Bertz CT molecular complexity index is 797. The third-order valence-electron chi connectivity index (χ3n) is 4.29. The largest absolute Gasteiger partial charge is 0.379 e. The lowest BCUT2D eigenvalue weighted by atomic mass is 10.0. The molecular weight excluding hydrogens is 332 g/mol. The van der Waals surface area contributed by atoms with Crippen LogP contribution in [0.2, 0.25) is 0 Å². The maximum Gasteiger partial charge on any atom is 0.252 e. The zero-order valence-corrected chi connectivity index (χ0v) is 15.0. The molecule has 0 aromatic carbocycles. The minimum absolute atomic E-state index is 0.295. The molecule has 1 atom stereocenters. The van der Waals surface area contributed by atoms with E-state index in [4.69, 9.17) is 16.2 Å². The van der Waals surface area contributed by atoms with E-state index >= 15 is 0 Å². The maximum atomic E-state index is 11.7. The molecule has 6 N–H and O–H groups in total. The van der Waals surface area contributed by atoms with Gasteiger partial charge in [-0.25, -0.2) is 9.97 Å². The number of nitrogens with two attached hydrogens (primary N) is 2. The van der Waals surface area contributed by atoms with Gasteiger partial charge in [0.25, 0.3) is 5.91 Å². The summed E-state index contributed by atoms with van der Waals surface area (Å²) in [4.78, 5) is 20.4. The van der Waals surface area contributed by atoms with E-state index in [1.165, 1.54) is 6.20 Å². The van der Waals surface area contributed by atoms with E-state index in [1.54, 1.807) is 6.07 Å².